The Balaban J connectivity index is 1.56. The fourth-order valence-corrected chi connectivity index (χ4v) is 3.84. The van der Waals surface area contributed by atoms with Crippen molar-refractivity contribution in [2.24, 2.45) is 0 Å². The standard InChI is InChI=1S/C26H22O7/c1-2-5-17-12-18-23(14-22(17)33-26(28)21-6-3-9-30-21)32-15-19(25(18)27)16-7-8-20-24(13-16)31-11-4-10-29-20/h3,6-9,12-15H,2,4-5,10-11H2,1H3. The molecule has 2 aromatic heterocycles. The molecule has 168 valence electrons. The summed E-state index contributed by atoms with van der Waals surface area (Å²) in [6, 6.07) is 11.9. The molecule has 0 spiro atoms. The first-order valence-electron chi connectivity index (χ1n) is 10.9. The van der Waals surface area contributed by atoms with E-state index in [9.17, 15) is 9.59 Å². The third kappa shape index (κ3) is 4.09. The highest BCUT2D eigenvalue weighted by Crippen LogP contribution is 2.34. The van der Waals surface area contributed by atoms with Gasteiger partial charge in [-0.2, -0.15) is 0 Å². The summed E-state index contributed by atoms with van der Waals surface area (Å²) < 4.78 is 27.9. The Morgan fingerprint density at radius 2 is 1.88 bits per heavy atom. The molecule has 7 heteroatoms. The molecule has 0 aliphatic carbocycles. The summed E-state index contributed by atoms with van der Waals surface area (Å²) in [4.78, 5) is 25.8. The first-order valence-corrected chi connectivity index (χ1v) is 10.9. The van der Waals surface area contributed by atoms with E-state index in [0.29, 0.717) is 59.0 Å². The van der Waals surface area contributed by atoms with Crippen LogP contribution >= 0.6 is 0 Å². The SMILES string of the molecule is CCCc1cc2c(=O)c(-c3ccc4c(c3)OCCCO4)coc2cc1OC(=O)c1ccco1. The zero-order valence-electron chi connectivity index (χ0n) is 18.1. The van der Waals surface area contributed by atoms with E-state index in [4.69, 9.17) is 23.0 Å². The largest absolute Gasteiger partial charge is 0.490 e. The third-order valence-corrected chi connectivity index (χ3v) is 5.46. The Morgan fingerprint density at radius 1 is 1.03 bits per heavy atom. The molecule has 0 bridgehead atoms. The van der Waals surface area contributed by atoms with Crippen molar-refractivity contribution in [2.45, 2.75) is 26.2 Å². The van der Waals surface area contributed by atoms with Crippen molar-refractivity contribution in [3.63, 3.8) is 0 Å². The number of esters is 1. The first kappa shape index (κ1) is 20.9. The lowest BCUT2D eigenvalue weighted by Crippen LogP contribution is -2.10. The molecule has 0 fully saturated rings. The van der Waals surface area contributed by atoms with Gasteiger partial charge < -0.3 is 23.0 Å². The minimum atomic E-state index is -0.608. The second-order valence-electron chi connectivity index (χ2n) is 7.76. The van der Waals surface area contributed by atoms with Gasteiger partial charge in [0.1, 0.15) is 17.6 Å². The maximum absolute atomic E-state index is 13.4. The molecule has 0 N–H and O–H groups in total. The normalized spacial score (nSPS) is 13.0. The number of benzene rings is 2. The minimum absolute atomic E-state index is 0.101. The molecule has 0 atom stereocenters. The first-order chi connectivity index (χ1) is 16.1. The molecular weight excluding hydrogens is 424 g/mol. The van der Waals surface area contributed by atoms with E-state index in [1.807, 2.05) is 13.0 Å². The minimum Gasteiger partial charge on any atom is -0.490 e. The number of fused-ring (bicyclic) bond motifs is 2. The van der Waals surface area contributed by atoms with Crippen molar-refractivity contribution in [3.05, 3.63) is 76.5 Å². The van der Waals surface area contributed by atoms with Crippen LogP contribution in [0, 0.1) is 0 Å². The van der Waals surface area contributed by atoms with Crippen LogP contribution in [0.2, 0.25) is 0 Å². The van der Waals surface area contributed by atoms with Crippen LogP contribution in [0.25, 0.3) is 22.1 Å². The second kappa shape index (κ2) is 8.86. The average molecular weight is 446 g/mol. The molecule has 0 saturated carbocycles. The molecule has 5 rings (SSSR count). The number of aryl methyl sites for hydroxylation is 1. The zero-order valence-corrected chi connectivity index (χ0v) is 18.1. The van der Waals surface area contributed by atoms with Crippen molar-refractivity contribution in [3.8, 4) is 28.4 Å². The summed E-state index contributed by atoms with van der Waals surface area (Å²) in [6.07, 6.45) is 5.06. The van der Waals surface area contributed by atoms with E-state index in [0.717, 1.165) is 18.4 Å². The van der Waals surface area contributed by atoms with Gasteiger partial charge in [0.15, 0.2) is 11.5 Å². The third-order valence-electron chi connectivity index (χ3n) is 5.46. The molecule has 2 aromatic carbocycles. The molecule has 0 unspecified atom stereocenters. The summed E-state index contributed by atoms with van der Waals surface area (Å²) in [5.74, 6) is 1.11. The van der Waals surface area contributed by atoms with Gasteiger partial charge in [0.05, 0.1) is 30.4 Å². The summed E-state index contributed by atoms with van der Waals surface area (Å²) in [5, 5.41) is 0.417. The highest BCUT2D eigenvalue weighted by molar-refractivity contribution is 5.90. The predicted octanol–water partition coefficient (Wildman–Crippen LogP) is 5.39. The molecule has 0 amide bonds. The van der Waals surface area contributed by atoms with E-state index in [1.165, 1.54) is 18.6 Å². The number of carbonyl (C=O) groups excluding carboxylic acids is 1. The van der Waals surface area contributed by atoms with Gasteiger partial charge in [-0.1, -0.05) is 19.4 Å². The van der Waals surface area contributed by atoms with Crippen LogP contribution in [0.3, 0.4) is 0 Å². The van der Waals surface area contributed by atoms with Crippen LogP contribution in [0.4, 0.5) is 0 Å². The topological polar surface area (TPSA) is 88.1 Å². The molecule has 0 radical (unpaired) electrons. The van der Waals surface area contributed by atoms with Gasteiger partial charge in [-0.3, -0.25) is 4.79 Å². The summed E-state index contributed by atoms with van der Waals surface area (Å²) in [5.41, 5.74) is 2.00. The maximum atomic E-state index is 13.4. The number of ether oxygens (including phenoxy) is 3. The smallest absolute Gasteiger partial charge is 0.379 e. The van der Waals surface area contributed by atoms with Gasteiger partial charge in [-0.15, -0.1) is 0 Å². The quantitative estimate of drug-likeness (QED) is 0.300. The lowest BCUT2D eigenvalue weighted by Gasteiger charge is -2.12. The molecule has 1 aliphatic heterocycles. The summed E-state index contributed by atoms with van der Waals surface area (Å²) in [6.45, 7) is 3.17. The van der Waals surface area contributed by atoms with Crippen molar-refractivity contribution in [1.29, 1.82) is 0 Å². The number of hydrogen-bond donors (Lipinski definition) is 0. The van der Waals surface area contributed by atoms with Crippen LogP contribution in [0.5, 0.6) is 17.2 Å². The van der Waals surface area contributed by atoms with Crippen LogP contribution < -0.4 is 19.6 Å². The molecule has 3 heterocycles. The Hall–Kier alpha value is -4.00. The number of rotatable bonds is 5. The highest BCUT2D eigenvalue weighted by atomic mass is 16.5. The van der Waals surface area contributed by atoms with Gasteiger partial charge >= 0.3 is 5.97 Å². The van der Waals surface area contributed by atoms with Crippen molar-refractivity contribution < 1.29 is 27.8 Å². The van der Waals surface area contributed by atoms with Crippen molar-refractivity contribution >= 4 is 16.9 Å². The fraction of sp³-hybridized carbons (Fsp3) is 0.231. The molecule has 4 aromatic rings. The Bertz CT molecular complexity index is 1370. The molecule has 33 heavy (non-hydrogen) atoms. The number of carbonyl (C=O) groups is 1. The van der Waals surface area contributed by atoms with Gasteiger partial charge in [-0.05, 0) is 47.9 Å². The molecule has 0 saturated heterocycles. The van der Waals surface area contributed by atoms with Crippen molar-refractivity contribution in [2.75, 3.05) is 13.2 Å². The fourth-order valence-electron chi connectivity index (χ4n) is 3.84. The Morgan fingerprint density at radius 3 is 2.67 bits per heavy atom. The molecular formula is C26H22O7. The van der Waals surface area contributed by atoms with E-state index in [1.54, 1.807) is 30.3 Å². The van der Waals surface area contributed by atoms with E-state index < -0.39 is 5.97 Å². The lowest BCUT2D eigenvalue weighted by atomic mass is 10.0. The van der Waals surface area contributed by atoms with Crippen LogP contribution in [-0.4, -0.2) is 19.2 Å². The predicted molar refractivity (Wildman–Crippen MR) is 121 cm³/mol. The van der Waals surface area contributed by atoms with Gasteiger partial charge in [0.2, 0.25) is 11.2 Å². The maximum Gasteiger partial charge on any atom is 0.379 e. The monoisotopic (exact) mass is 446 g/mol. The second-order valence-corrected chi connectivity index (χ2v) is 7.76. The van der Waals surface area contributed by atoms with Gasteiger partial charge in [0, 0.05) is 12.5 Å². The van der Waals surface area contributed by atoms with Crippen LogP contribution in [0.1, 0.15) is 35.9 Å². The lowest BCUT2D eigenvalue weighted by molar-refractivity contribution is 0.0700. The Labute approximate surface area is 189 Å². The summed E-state index contributed by atoms with van der Waals surface area (Å²) in [7, 11) is 0. The van der Waals surface area contributed by atoms with Crippen LogP contribution in [0.15, 0.2) is 68.6 Å². The average Bonchev–Trinajstić information content (AvgIpc) is 3.26. The molecule has 1 aliphatic rings. The Kier molecular flexibility index (Phi) is 5.60. The van der Waals surface area contributed by atoms with Crippen LogP contribution in [-0.2, 0) is 6.42 Å². The van der Waals surface area contributed by atoms with E-state index in [2.05, 4.69) is 0 Å². The van der Waals surface area contributed by atoms with E-state index in [-0.39, 0.29) is 11.2 Å². The van der Waals surface area contributed by atoms with Gasteiger partial charge in [0.25, 0.3) is 0 Å². The van der Waals surface area contributed by atoms with E-state index >= 15 is 0 Å². The molecule has 7 nitrogen and oxygen atoms in total. The number of furan rings is 1. The number of hydrogen-bond acceptors (Lipinski definition) is 7. The summed E-state index contributed by atoms with van der Waals surface area (Å²) >= 11 is 0. The van der Waals surface area contributed by atoms with Crippen molar-refractivity contribution in [1.82, 2.24) is 0 Å². The highest BCUT2D eigenvalue weighted by Gasteiger charge is 2.19. The van der Waals surface area contributed by atoms with Gasteiger partial charge in [-0.25, -0.2) is 4.79 Å². The zero-order chi connectivity index (χ0) is 22.8.